The van der Waals surface area contributed by atoms with Crippen molar-refractivity contribution in [3.8, 4) is 5.75 Å². The molecule has 2 aromatic heterocycles. The molecule has 3 unspecified atom stereocenters. The summed E-state index contributed by atoms with van der Waals surface area (Å²) in [5.74, 6) is 0.232. The molecule has 156 valence electrons. The quantitative estimate of drug-likeness (QED) is 0.642. The molecule has 0 amide bonds. The number of halogens is 1. The Kier molecular flexibility index (Phi) is 4.18. The van der Waals surface area contributed by atoms with Crippen LogP contribution < -0.4 is 15.4 Å². The molecule has 2 aliphatic rings. The van der Waals surface area contributed by atoms with Crippen LogP contribution in [0.5, 0.6) is 5.75 Å². The Hall–Kier alpha value is -3.20. The molecule has 5 rings (SSSR count). The Bertz CT molecular complexity index is 1150. The smallest absolute Gasteiger partial charge is 0.341 e. The van der Waals surface area contributed by atoms with Gasteiger partial charge < -0.3 is 20.5 Å². The highest BCUT2D eigenvalue weighted by molar-refractivity contribution is 5.94. The molecule has 1 saturated carbocycles. The van der Waals surface area contributed by atoms with Crippen molar-refractivity contribution in [2.24, 2.45) is 11.7 Å². The van der Waals surface area contributed by atoms with Gasteiger partial charge in [0.05, 0.1) is 11.7 Å². The average molecular weight is 411 g/mol. The maximum Gasteiger partial charge on any atom is 0.341 e. The highest BCUT2D eigenvalue weighted by Gasteiger charge is 2.64. The number of hydrogen-bond acceptors (Lipinski definition) is 6. The van der Waals surface area contributed by atoms with E-state index < -0.39 is 11.5 Å². The number of aromatic carboxylic acids is 1. The van der Waals surface area contributed by atoms with Gasteiger partial charge in [-0.2, -0.15) is 5.10 Å². The van der Waals surface area contributed by atoms with Crippen LogP contribution in [0.25, 0.3) is 5.65 Å². The minimum atomic E-state index is -1.08. The van der Waals surface area contributed by atoms with Crippen molar-refractivity contribution in [1.82, 2.24) is 14.6 Å². The van der Waals surface area contributed by atoms with Crippen molar-refractivity contribution in [2.45, 2.75) is 31.3 Å². The Morgan fingerprint density at radius 3 is 3.03 bits per heavy atom. The number of rotatable bonds is 6. The molecule has 2 fully saturated rings. The number of anilines is 1. The molecular formula is C21H22FN5O3. The third-order valence-corrected chi connectivity index (χ3v) is 6.03. The third kappa shape index (κ3) is 2.80. The highest BCUT2D eigenvalue weighted by atomic mass is 19.1. The van der Waals surface area contributed by atoms with E-state index >= 15 is 0 Å². The minimum absolute atomic E-state index is 0.0455. The second kappa shape index (κ2) is 6.66. The van der Waals surface area contributed by atoms with Crippen LogP contribution in [-0.2, 0) is 5.54 Å². The number of fused-ring (bicyclic) bond motifs is 2. The molecule has 3 heterocycles. The van der Waals surface area contributed by atoms with E-state index in [-0.39, 0.29) is 23.1 Å². The molecular weight excluding hydrogens is 389 g/mol. The Morgan fingerprint density at radius 1 is 1.47 bits per heavy atom. The summed E-state index contributed by atoms with van der Waals surface area (Å²) in [7, 11) is 0. The van der Waals surface area contributed by atoms with Gasteiger partial charge in [-0.25, -0.2) is 18.7 Å². The first-order valence-electron chi connectivity index (χ1n) is 9.94. The van der Waals surface area contributed by atoms with Crippen molar-refractivity contribution in [1.29, 1.82) is 0 Å². The number of carboxylic acids is 1. The fourth-order valence-corrected chi connectivity index (χ4v) is 4.61. The third-order valence-electron chi connectivity index (χ3n) is 6.03. The molecule has 0 radical (unpaired) electrons. The summed E-state index contributed by atoms with van der Waals surface area (Å²) in [6, 6.07) is 6.26. The number of carboxylic acid groups (broad SMARTS) is 1. The zero-order chi connectivity index (χ0) is 21.0. The van der Waals surface area contributed by atoms with Gasteiger partial charge in [-0.1, -0.05) is 0 Å². The van der Waals surface area contributed by atoms with Crippen LogP contribution in [-0.4, -0.2) is 44.9 Å². The van der Waals surface area contributed by atoms with E-state index in [9.17, 15) is 14.3 Å². The lowest BCUT2D eigenvalue weighted by Crippen LogP contribution is -2.34. The summed E-state index contributed by atoms with van der Waals surface area (Å²) >= 11 is 0. The first-order valence-corrected chi connectivity index (χ1v) is 9.94. The van der Waals surface area contributed by atoms with E-state index in [0.717, 1.165) is 24.9 Å². The molecule has 3 atom stereocenters. The lowest BCUT2D eigenvalue weighted by atomic mass is 10.0. The van der Waals surface area contributed by atoms with Crippen LogP contribution in [0.2, 0.25) is 0 Å². The predicted molar refractivity (Wildman–Crippen MR) is 107 cm³/mol. The van der Waals surface area contributed by atoms with Crippen LogP contribution in [0, 0.1) is 11.7 Å². The minimum Gasteiger partial charge on any atom is -0.492 e. The Balaban J connectivity index is 1.58. The lowest BCUT2D eigenvalue weighted by Gasteiger charge is -2.31. The zero-order valence-corrected chi connectivity index (χ0v) is 16.5. The van der Waals surface area contributed by atoms with Gasteiger partial charge in [-0.05, 0) is 49.9 Å². The van der Waals surface area contributed by atoms with Crippen molar-refractivity contribution >= 4 is 17.4 Å². The molecule has 3 aromatic rings. The maximum absolute atomic E-state index is 14.2. The Morgan fingerprint density at radius 2 is 2.30 bits per heavy atom. The number of carbonyl (C=O) groups is 1. The van der Waals surface area contributed by atoms with Gasteiger partial charge in [0.25, 0.3) is 0 Å². The van der Waals surface area contributed by atoms with Gasteiger partial charge in [0.1, 0.15) is 29.6 Å². The molecule has 9 heteroatoms. The van der Waals surface area contributed by atoms with E-state index in [2.05, 4.69) is 15.0 Å². The second-order valence-electron chi connectivity index (χ2n) is 8.11. The highest BCUT2D eigenvalue weighted by Crippen LogP contribution is 2.64. The number of ether oxygens (including phenoxy) is 1. The largest absolute Gasteiger partial charge is 0.492 e. The summed E-state index contributed by atoms with van der Waals surface area (Å²) in [5, 5.41) is 13.5. The predicted octanol–water partition coefficient (Wildman–Crippen LogP) is 2.42. The van der Waals surface area contributed by atoms with Gasteiger partial charge in [0.15, 0.2) is 5.65 Å². The summed E-state index contributed by atoms with van der Waals surface area (Å²) < 4.78 is 21.6. The molecule has 0 bridgehead atoms. The molecule has 30 heavy (non-hydrogen) atoms. The fraction of sp³-hybridized carbons (Fsp3) is 0.381. The van der Waals surface area contributed by atoms with E-state index in [1.54, 1.807) is 12.3 Å². The number of piperidine rings is 1. The van der Waals surface area contributed by atoms with E-state index in [4.69, 9.17) is 10.5 Å². The van der Waals surface area contributed by atoms with Gasteiger partial charge >= 0.3 is 5.97 Å². The molecule has 3 N–H and O–H groups in total. The Labute approximate surface area is 172 Å². The van der Waals surface area contributed by atoms with E-state index in [0.29, 0.717) is 24.1 Å². The number of hydrogen-bond donors (Lipinski definition) is 2. The number of benzene rings is 1. The average Bonchev–Trinajstić information content (AvgIpc) is 3.09. The van der Waals surface area contributed by atoms with Crippen LogP contribution in [0.4, 0.5) is 10.2 Å². The molecule has 1 aliphatic heterocycles. The van der Waals surface area contributed by atoms with Gasteiger partial charge in [-0.3, -0.25) is 0 Å². The van der Waals surface area contributed by atoms with Crippen LogP contribution in [0.15, 0.2) is 36.7 Å². The first-order chi connectivity index (χ1) is 14.4. The summed E-state index contributed by atoms with van der Waals surface area (Å²) in [6.45, 7) is 2.93. The molecule has 8 nitrogen and oxygen atoms in total. The van der Waals surface area contributed by atoms with Crippen molar-refractivity contribution in [2.75, 3.05) is 18.1 Å². The zero-order valence-electron chi connectivity index (χ0n) is 16.5. The lowest BCUT2D eigenvalue weighted by molar-refractivity contribution is 0.0698. The second-order valence-corrected chi connectivity index (χ2v) is 8.11. The van der Waals surface area contributed by atoms with E-state index in [1.807, 2.05) is 13.0 Å². The van der Waals surface area contributed by atoms with Crippen molar-refractivity contribution in [3.63, 3.8) is 0 Å². The number of nitrogens with two attached hydrogens (primary N) is 1. The molecule has 1 aliphatic carbocycles. The van der Waals surface area contributed by atoms with Gasteiger partial charge in [-0.15, -0.1) is 0 Å². The normalized spacial score (nSPS) is 23.4. The van der Waals surface area contributed by atoms with E-state index in [1.165, 1.54) is 22.8 Å². The van der Waals surface area contributed by atoms with Crippen LogP contribution in [0.3, 0.4) is 0 Å². The van der Waals surface area contributed by atoms with Gasteiger partial charge in [0.2, 0.25) is 0 Å². The maximum atomic E-state index is 14.2. The fourth-order valence-electron chi connectivity index (χ4n) is 4.61. The van der Waals surface area contributed by atoms with Crippen molar-refractivity contribution in [3.05, 3.63) is 53.6 Å². The molecule has 1 aromatic carbocycles. The summed E-state index contributed by atoms with van der Waals surface area (Å²) in [4.78, 5) is 18.2. The van der Waals surface area contributed by atoms with Crippen LogP contribution in [0.1, 0.15) is 35.7 Å². The van der Waals surface area contributed by atoms with Crippen LogP contribution >= 0.6 is 0 Å². The number of nitrogens with zero attached hydrogens (tertiary/aromatic N) is 4. The summed E-state index contributed by atoms with van der Waals surface area (Å²) in [5.41, 5.74) is 6.55. The SMILES string of the molecule is CC(N)COc1ccc(F)cc1C12CC1CCN2c1ccn2ncc(C(=O)O)c2n1. The first kappa shape index (κ1) is 18.8. The van der Waals surface area contributed by atoms with Gasteiger partial charge in [0, 0.05) is 24.3 Å². The molecule has 1 saturated heterocycles. The van der Waals surface area contributed by atoms with Crippen molar-refractivity contribution < 1.29 is 19.0 Å². The molecule has 0 spiro atoms. The number of aromatic nitrogens is 3. The standard InChI is InChI=1S/C21H22FN5O3/c1-12(23)11-30-17-3-2-14(22)8-16(17)21-9-13(21)4-6-26(21)18-5-7-27-19(25-18)15(10-24-27)20(28)29/h2-3,5,7-8,10,12-13H,4,6,9,11,23H2,1H3,(H,28,29). The topological polar surface area (TPSA) is 106 Å². The summed E-state index contributed by atoms with van der Waals surface area (Å²) in [6.07, 6.45) is 4.80. The monoisotopic (exact) mass is 411 g/mol.